The number of nitrogens with zero attached hydrogens (tertiary/aromatic N) is 3. The summed E-state index contributed by atoms with van der Waals surface area (Å²) in [5.41, 5.74) is 0. The number of anilines is 1. The Labute approximate surface area is 87.8 Å². The third-order valence-electron chi connectivity index (χ3n) is 1.77. The molecule has 0 atom stereocenters. The van der Waals surface area contributed by atoms with Crippen molar-refractivity contribution in [3.63, 3.8) is 0 Å². The van der Waals surface area contributed by atoms with Gasteiger partial charge in [-0.15, -0.1) is 5.10 Å². The molecule has 0 fully saturated rings. The molecule has 0 unspecified atom stereocenters. The first kappa shape index (κ1) is 11.4. The molecule has 84 valence electrons. The predicted molar refractivity (Wildman–Crippen MR) is 54.4 cm³/mol. The first-order valence-electron chi connectivity index (χ1n) is 4.56. The van der Waals surface area contributed by atoms with Crippen LogP contribution in [0.4, 0.5) is 6.01 Å². The van der Waals surface area contributed by atoms with Gasteiger partial charge >= 0.3 is 6.01 Å². The first-order valence-corrected chi connectivity index (χ1v) is 4.56. The minimum Gasteiger partial charge on any atom is -0.407 e. The molecule has 1 aromatic rings. The van der Waals surface area contributed by atoms with Crippen LogP contribution < -0.4 is 15.5 Å². The minimum atomic E-state index is -0.106. The van der Waals surface area contributed by atoms with Gasteiger partial charge in [0.15, 0.2) is 0 Å². The third kappa shape index (κ3) is 3.21. The van der Waals surface area contributed by atoms with Crippen LogP contribution in [0.5, 0.6) is 0 Å². The van der Waals surface area contributed by atoms with Gasteiger partial charge in [-0.1, -0.05) is 5.10 Å². The highest BCUT2D eigenvalue weighted by atomic mass is 16.4. The molecule has 0 aromatic carbocycles. The van der Waals surface area contributed by atoms with Crippen molar-refractivity contribution in [1.29, 1.82) is 0 Å². The van der Waals surface area contributed by atoms with Gasteiger partial charge in [0.1, 0.15) is 6.54 Å². The lowest BCUT2D eigenvalue weighted by atomic mass is 10.5. The number of likely N-dealkylation sites (N-methyl/N-ethyl adjacent to an activating group) is 2. The molecule has 1 aromatic heterocycles. The van der Waals surface area contributed by atoms with E-state index in [1.54, 1.807) is 26.0 Å². The minimum absolute atomic E-state index is 0.106. The molecule has 2 N–H and O–H groups in total. The van der Waals surface area contributed by atoms with Crippen LogP contribution in [-0.4, -0.2) is 43.8 Å². The summed E-state index contributed by atoms with van der Waals surface area (Å²) in [5.74, 6) is 0.391. The Morgan fingerprint density at radius 3 is 2.80 bits per heavy atom. The maximum absolute atomic E-state index is 11.1. The quantitative estimate of drug-likeness (QED) is 0.651. The molecule has 0 saturated carbocycles. The molecule has 1 heterocycles. The van der Waals surface area contributed by atoms with E-state index in [2.05, 4.69) is 20.8 Å². The van der Waals surface area contributed by atoms with Crippen LogP contribution in [0.3, 0.4) is 0 Å². The van der Waals surface area contributed by atoms with Crippen LogP contribution in [0.15, 0.2) is 4.42 Å². The Kier molecular flexibility index (Phi) is 4.04. The summed E-state index contributed by atoms with van der Waals surface area (Å²) in [7, 11) is 5.08. The average Bonchev–Trinajstić information content (AvgIpc) is 2.67. The van der Waals surface area contributed by atoms with Crippen molar-refractivity contribution >= 4 is 11.9 Å². The second kappa shape index (κ2) is 5.30. The van der Waals surface area contributed by atoms with Gasteiger partial charge in [0.05, 0.1) is 6.54 Å². The molecule has 1 rings (SSSR count). The van der Waals surface area contributed by atoms with Crippen molar-refractivity contribution in [3.05, 3.63) is 5.89 Å². The van der Waals surface area contributed by atoms with E-state index in [1.807, 2.05) is 0 Å². The van der Waals surface area contributed by atoms with Gasteiger partial charge in [-0.3, -0.25) is 4.79 Å². The van der Waals surface area contributed by atoms with Gasteiger partial charge in [-0.2, -0.15) is 0 Å². The van der Waals surface area contributed by atoms with E-state index >= 15 is 0 Å². The SMILES string of the molecule is CNCc1nnc(N(C)CC(=O)NC)o1. The molecular formula is C8H15N5O2. The van der Waals surface area contributed by atoms with E-state index in [9.17, 15) is 4.79 Å². The number of aromatic nitrogens is 2. The Balaban J connectivity index is 2.57. The fourth-order valence-corrected chi connectivity index (χ4v) is 0.984. The molecule has 7 heteroatoms. The summed E-state index contributed by atoms with van der Waals surface area (Å²) in [6.45, 7) is 0.707. The number of carbonyl (C=O) groups excluding carboxylic acids is 1. The van der Waals surface area contributed by atoms with E-state index in [4.69, 9.17) is 4.42 Å². The Morgan fingerprint density at radius 1 is 1.47 bits per heavy atom. The molecule has 0 bridgehead atoms. The molecule has 1 amide bonds. The van der Waals surface area contributed by atoms with Gasteiger partial charge in [0, 0.05) is 14.1 Å². The van der Waals surface area contributed by atoms with Crippen molar-refractivity contribution in [2.24, 2.45) is 0 Å². The molecule has 0 aliphatic rings. The molecule has 0 spiro atoms. The number of rotatable bonds is 5. The lowest BCUT2D eigenvalue weighted by molar-refractivity contribution is -0.119. The summed E-state index contributed by atoms with van der Waals surface area (Å²) < 4.78 is 5.29. The van der Waals surface area contributed by atoms with Crippen LogP contribution >= 0.6 is 0 Å². The van der Waals surface area contributed by atoms with Crippen LogP contribution in [-0.2, 0) is 11.3 Å². The van der Waals surface area contributed by atoms with Crippen molar-refractivity contribution in [1.82, 2.24) is 20.8 Å². The third-order valence-corrected chi connectivity index (χ3v) is 1.77. The fourth-order valence-electron chi connectivity index (χ4n) is 0.984. The molecule has 0 saturated heterocycles. The monoisotopic (exact) mass is 213 g/mol. The van der Waals surface area contributed by atoms with Crippen molar-refractivity contribution in [3.8, 4) is 0 Å². The zero-order valence-corrected chi connectivity index (χ0v) is 9.07. The lowest BCUT2D eigenvalue weighted by Crippen LogP contribution is -2.33. The van der Waals surface area contributed by atoms with E-state index < -0.39 is 0 Å². The van der Waals surface area contributed by atoms with Gasteiger partial charge in [0.25, 0.3) is 0 Å². The number of amides is 1. The van der Waals surface area contributed by atoms with Crippen molar-refractivity contribution < 1.29 is 9.21 Å². The van der Waals surface area contributed by atoms with E-state index in [0.717, 1.165) is 0 Å². The second-order valence-corrected chi connectivity index (χ2v) is 3.04. The maximum atomic E-state index is 11.1. The lowest BCUT2D eigenvalue weighted by Gasteiger charge is -2.11. The number of hydrogen-bond acceptors (Lipinski definition) is 6. The van der Waals surface area contributed by atoms with Crippen LogP contribution in [0, 0.1) is 0 Å². The van der Waals surface area contributed by atoms with E-state index in [0.29, 0.717) is 18.5 Å². The summed E-state index contributed by atoms with van der Waals surface area (Å²) in [5, 5.41) is 13.0. The summed E-state index contributed by atoms with van der Waals surface area (Å²) >= 11 is 0. The van der Waals surface area contributed by atoms with Gasteiger partial charge in [-0.05, 0) is 7.05 Å². The average molecular weight is 213 g/mol. The van der Waals surface area contributed by atoms with Gasteiger partial charge in [-0.25, -0.2) is 0 Å². The number of nitrogens with one attached hydrogen (secondary N) is 2. The van der Waals surface area contributed by atoms with Gasteiger partial charge in [0.2, 0.25) is 11.8 Å². The van der Waals surface area contributed by atoms with Gasteiger partial charge < -0.3 is 20.0 Å². The first-order chi connectivity index (χ1) is 7.17. The molecule has 0 aliphatic carbocycles. The summed E-state index contributed by atoms with van der Waals surface area (Å²) in [6, 6.07) is 0.337. The number of hydrogen-bond donors (Lipinski definition) is 2. The topological polar surface area (TPSA) is 83.3 Å². The van der Waals surface area contributed by atoms with Crippen LogP contribution in [0.25, 0.3) is 0 Å². The van der Waals surface area contributed by atoms with Crippen LogP contribution in [0.1, 0.15) is 5.89 Å². The highest BCUT2D eigenvalue weighted by Crippen LogP contribution is 2.09. The Bertz CT molecular complexity index is 325. The zero-order chi connectivity index (χ0) is 11.3. The van der Waals surface area contributed by atoms with Crippen molar-refractivity contribution in [2.75, 3.05) is 32.6 Å². The highest BCUT2D eigenvalue weighted by molar-refractivity contribution is 5.80. The molecule has 7 nitrogen and oxygen atoms in total. The molecular weight excluding hydrogens is 198 g/mol. The second-order valence-electron chi connectivity index (χ2n) is 3.04. The Morgan fingerprint density at radius 2 is 2.20 bits per heavy atom. The van der Waals surface area contributed by atoms with Crippen molar-refractivity contribution in [2.45, 2.75) is 6.54 Å². The smallest absolute Gasteiger partial charge is 0.318 e. The normalized spacial score (nSPS) is 10.1. The Hall–Kier alpha value is -1.63. The van der Waals surface area contributed by atoms with E-state index in [-0.39, 0.29) is 12.5 Å². The largest absolute Gasteiger partial charge is 0.407 e. The standard InChI is InChI=1S/C8H15N5O2/c1-9-4-7-11-12-8(15-7)13(3)5-6(14)10-2/h9H,4-5H2,1-3H3,(H,10,14). The van der Waals surface area contributed by atoms with Crippen LogP contribution in [0.2, 0.25) is 0 Å². The highest BCUT2D eigenvalue weighted by Gasteiger charge is 2.12. The number of carbonyl (C=O) groups is 1. The molecule has 15 heavy (non-hydrogen) atoms. The maximum Gasteiger partial charge on any atom is 0.318 e. The molecule has 0 aliphatic heterocycles. The van der Waals surface area contributed by atoms with E-state index in [1.165, 1.54) is 0 Å². The predicted octanol–water partition coefficient (Wildman–Crippen LogP) is -1.03. The summed E-state index contributed by atoms with van der Waals surface area (Å²) in [6.07, 6.45) is 0. The summed E-state index contributed by atoms with van der Waals surface area (Å²) in [4.78, 5) is 12.7. The fraction of sp³-hybridized carbons (Fsp3) is 0.625. The molecule has 0 radical (unpaired) electrons. The zero-order valence-electron chi connectivity index (χ0n) is 9.07.